The van der Waals surface area contributed by atoms with Gasteiger partial charge in [-0.3, -0.25) is 4.79 Å². The minimum absolute atomic E-state index is 0. The van der Waals surface area contributed by atoms with Crippen LogP contribution in [-0.4, -0.2) is 12.5 Å². The van der Waals surface area contributed by atoms with Crippen molar-refractivity contribution < 1.29 is 56.2 Å². The molecule has 2 nitrogen and oxygen atoms in total. The van der Waals surface area contributed by atoms with Crippen LogP contribution in [0.15, 0.2) is 0 Å². The van der Waals surface area contributed by atoms with Crippen molar-refractivity contribution in [3.05, 3.63) is 6.42 Å². The Morgan fingerprint density at radius 2 is 2.08 bits per heavy atom. The minimum Gasteiger partial charge on any atom is -0.694 e. The fourth-order valence-corrected chi connectivity index (χ4v) is 0.754. The molecule has 0 aliphatic carbocycles. The van der Waals surface area contributed by atoms with Crippen molar-refractivity contribution in [2.24, 2.45) is 5.92 Å². The van der Waals surface area contributed by atoms with Gasteiger partial charge in [0.25, 0.3) is 0 Å². The summed E-state index contributed by atoms with van der Waals surface area (Å²) in [5.41, 5.74) is 0. The monoisotopic (exact) mass is 205 g/mol. The van der Waals surface area contributed by atoms with E-state index in [1.54, 1.807) is 0 Å². The molecular formula is C10H16KNO. The first-order valence-electron chi connectivity index (χ1n) is 4.35. The molecule has 0 aromatic heterocycles. The van der Waals surface area contributed by atoms with E-state index in [1.165, 1.54) is 0 Å². The minimum atomic E-state index is 0. The molecule has 0 unspecified atom stereocenters. The maximum absolute atomic E-state index is 11.0. The van der Waals surface area contributed by atoms with Crippen molar-refractivity contribution in [1.82, 2.24) is 5.32 Å². The van der Waals surface area contributed by atoms with Crippen molar-refractivity contribution >= 4 is 5.91 Å². The molecule has 0 fully saturated rings. The number of hydrogen-bond donors (Lipinski definition) is 1. The molecule has 1 amide bonds. The fourth-order valence-electron chi connectivity index (χ4n) is 0.754. The summed E-state index contributed by atoms with van der Waals surface area (Å²) in [5, 5.41) is 2.81. The van der Waals surface area contributed by atoms with Gasteiger partial charge in [-0.05, 0) is 19.3 Å². The van der Waals surface area contributed by atoms with Gasteiger partial charge in [0.05, 0.1) is 0 Å². The molecule has 0 rings (SSSR count). The van der Waals surface area contributed by atoms with Gasteiger partial charge in [-0.2, -0.15) is 0 Å². The number of unbranched alkanes of at least 4 members (excludes halogenated alkanes) is 2. The zero-order valence-electron chi connectivity index (χ0n) is 8.81. The van der Waals surface area contributed by atoms with E-state index >= 15 is 0 Å². The van der Waals surface area contributed by atoms with Crippen LogP contribution in [0.4, 0.5) is 0 Å². The van der Waals surface area contributed by atoms with Crippen molar-refractivity contribution in [2.45, 2.75) is 33.1 Å². The van der Waals surface area contributed by atoms with Gasteiger partial charge in [0.2, 0.25) is 5.91 Å². The number of carbonyl (C=O) groups is 1. The van der Waals surface area contributed by atoms with Crippen LogP contribution in [0.5, 0.6) is 0 Å². The molecule has 0 aromatic carbocycles. The van der Waals surface area contributed by atoms with Gasteiger partial charge in [-0.1, -0.05) is 13.8 Å². The summed E-state index contributed by atoms with van der Waals surface area (Å²) in [4.78, 5) is 11.0. The zero-order chi connectivity index (χ0) is 9.40. The predicted octanol–water partition coefficient (Wildman–Crippen LogP) is -1.48. The molecule has 0 saturated carbocycles. The Labute approximate surface area is 124 Å². The number of hydrogen-bond acceptors (Lipinski definition) is 1. The smallest absolute Gasteiger partial charge is 0.694 e. The van der Waals surface area contributed by atoms with E-state index in [-0.39, 0.29) is 63.2 Å². The summed E-state index contributed by atoms with van der Waals surface area (Å²) in [6, 6.07) is 0. The average Bonchev–Trinajstić information content (AvgIpc) is 2.03. The summed E-state index contributed by atoms with van der Waals surface area (Å²) in [6.07, 6.45) is 9.21. The SMILES string of the molecule is [C-]#CCCCCNC(=O)C(C)C.[K+]. The second kappa shape index (κ2) is 10.7. The van der Waals surface area contributed by atoms with Gasteiger partial charge >= 0.3 is 51.4 Å². The molecule has 0 radical (unpaired) electrons. The Morgan fingerprint density at radius 1 is 1.46 bits per heavy atom. The van der Waals surface area contributed by atoms with Gasteiger partial charge in [0.15, 0.2) is 0 Å². The zero-order valence-corrected chi connectivity index (χ0v) is 11.9. The maximum Gasteiger partial charge on any atom is 1.00 e. The first kappa shape index (κ1) is 16.1. The Bertz CT molecular complexity index is 172. The second-order valence-electron chi connectivity index (χ2n) is 3.08. The Balaban J connectivity index is 0. The molecule has 1 N–H and O–H groups in total. The van der Waals surface area contributed by atoms with Crippen LogP contribution in [0.25, 0.3) is 0 Å². The molecule has 0 aliphatic rings. The van der Waals surface area contributed by atoms with Crippen LogP contribution in [0.3, 0.4) is 0 Å². The van der Waals surface area contributed by atoms with E-state index in [9.17, 15) is 4.79 Å². The topological polar surface area (TPSA) is 29.1 Å². The van der Waals surface area contributed by atoms with Crippen LogP contribution in [-0.2, 0) is 4.79 Å². The molecule has 13 heavy (non-hydrogen) atoms. The van der Waals surface area contributed by atoms with Crippen LogP contribution in [0.2, 0.25) is 0 Å². The van der Waals surface area contributed by atoms with E-state index in [1.807, 2.05) is 13.8 Å². The molecule has 0 heterocycles. The third kappa shape index (κ3) is 10.6. The maximum atomic E-state index is 11.0. The van der Waals surface area contributed by atoms with Crippen LogP contribution in [0, 0.1) is 18.3 Å². The first-order valence-corrected chi connectivity index (χ1v) is 4.35. The van der Waals surface area contributed by atoms with Gasteiger partial charge in [0, 0.05) is 12.5 Å². The van der Waals surface area contributed by atoms with E-state index in [4.69, 9.17) is 6.42 Å². The first-order chi connectivity index (χ1) is 5.68. The molecule has 0 aliphatic heterocycles. The average molecular weight is 205 g/mol. The van der Waals surface area contributed by atoms with Crippen LogP contribution in [0.1, 0.15) is 33.1 Å². The fraction of sp³-hybridized carbons (Fsp3) is 0.700. The Morgan fingerprint density at radius 3 is 2.54 bits per heavy atom. The summed E-state index contributed by atoms with van der Waals surface area (Å²) < 4.78 is 0. The van der Waals surface area contributed by atoms with Crippen LogP contribution < -0.4 is 56.7 Å². The van der Waals surface area contributed by atoms with Gasteiger partial charge < -0.3 is 17.7 Å². The quantitative estimate of drug-likeness (QED) is 0.252. The molecule has 0 spiro atoms. The predicted molar refractivity (Wildman–Crippen MR) is 48.8 cm³/mol. The second-order valence-corrected chi connectivity index (χ2v) is 3.08. The third-order valence-corrected chi connectivity index (χ3v) is 1.55. The number of rotatable bonds is 5. The Hall–Kier alpha value is 0.666. The largest absolute Gasteiger partial charge is 1.00 e. The van der Waals surface area contributed by atoms with E-state index in [0.717, 1.165) is 19.4 Å². The van der Waals surface area contributed by atoms with Gasteiger partial charge in [-0.15, -0.1) is 0 Å². The Kier molecular flexibility index (Phi) is 13.3. The molecule has 0 atom stereocenters. The van der Waals surface area contributed by atoms with E-state index in [0.29, 0.717) is 6.42 Å². The summed E-state index contributed by atoms with van der Waals surface area (Å²) in [6.45, 7) is 4.47. The standard InChI is InChI=1S/C10H16NO.K/c1-4-5-6-7-8-11-10(12)9(2)3;/h9H,5-8H2,2-3H3,(H,11,12);/q-1;+1. The normalized spacial score (nSPS) is 8.77. The number of nitrogens with one attached hydrogen (secondary N) is 1. The molecular weight excluding hydrogens is 189 g/mol. The third-order valence-electron chi connectivity index (χ3n) is 1.55. The number of carbonyl (C=O) groups excluding carboxylic acids is 1. The van der Waals surface area contributed by atoms with E-state index in [2.05, 4.69) is 11.2 Å². The van der Waals surface area contributed by atoms with Crippen molar-refractivity contribution in [1.29, 1.82) is 0 Å². The summed E-state index contributed by atoms with van der Waals surface area (Å²) >= 11 is 0. The van der Waals surface area contributed by atoms with Gasteiger partial charge in [0.1, 0.15) is 0 Å². The summed E-state index contributed by atoms with van der Waals surface area (Å²) in [7, 11) is 0. The number of amides is 1. The van der Waals surface area contributed by atoms with Crippen molar-refractivity contribution in [3.8, 4) is 5.92 Å². The summed E-state index contributed by atoms with van der Waals surface area (Å²) in [5.74, 6) is 2.49. The molecule has 3 heteroatoms. The van der Waals surface area contributed by atoms with E-state index < -0.39 is 0 Å². The molecule has 0 aromatic rings. The van der Waals surface area contributed by atoms with Crippen molar-refractivity contribution in [2.75, 3.05) is 6.54 Å². The molecule has 0 saturated heterocycles. The molecule has 0 bridgehead atoms. The van der Waals surface area contributed by atoms with Crippen LogP contribution >= 0.6 is 0 Å². The van der Waals surface area contributed by atoms with Gasteiger partial charge in [-0.25, -0.2) is 0 Å². The molecule has 68 valence electrons. The van der Waals surface area contributed by atoms with Crippen molar-refractivity contribution in [3.63, 3.8) is 0 Å².